The molecule has 0 fully saturated rings. The topological polar surface area (TPSA) is 87.7 Å². The van der Waals surface area contributed by atoms with Crippen LogP contribution in [0.25, 0.3) is 0 Å². The van der Waals surface area contributed by atoms with E-state index in [-0.39, 0.29) is 5.60 Å². The summed E-state index contributed by atoms with van der Waals surface area (Å²) in [6, 6.07) is -1.30. The molecular formula is C12H24N2O4S. The molecule has 0 saturated heterocycles. The number of urea groups is 1. The van der Waals surface area contributed by atoms with Crippen molar-refractivity contribution >= 4 is 23.8 Å². The minimum Gasteiger partial charge on any atom is -0.480 e. The molecule has 0 aromatic rings. The number of methoxy groups -OCH3 is 1. The Morgan fingerprint density at radius 3 is 2.53 bits per heavy atom. The maximum Gasteiger partial charge on any atom is 0.326 e. The monoisotopic (exact) mass is 292 g/mol. The molecule has 0 heterocycles. The summed E-state index contributed by atoms with van der Waals surface area (Å²) in [6.45, 7) is 4.28. The molecular weight excluding hydrogens is 268 g/mol. The molecule has 2 amide bonds. The molecule has 0 aliphatic heterocycles. The standard InChI is InChI=1S/C12H24N2O4S/c1-12(2,18-3)6-7-13-11(17)14-9(10(15)16)5-8-19-4/h9H,5-8H2,1-4H3,(H,15,16)(H2,13,14,17). The van der Waals surface area contributed by atoms with Crippen LogP contribution in [0.5, 0.6) is 0 Å². The zero-order chi connectivity index (χ0) is 14.9. The number of hydrogen-bond donors (Lipinski definition) is 3. The van der Waals surface area contributed by atoms with Crippen molar-refractivity contribution in [3.8, 4) is 0 Å². The van der Waals surface area contributed by atoms with Gasteiger partial charge in [0.2, 0.25) is 0 Å². The van der Waals surface area contributed by atoms with E-state index in [0.717, 1.165) is 0 Å². The van der Waals surface area contributed by atoms with E-state index >= 15 is 0 Å². The number of amides is 2. The third-order valence-electron chi connectivity index (χ3n) is 2.78. The van der Waals surface area contributed by atoms with Crippen molar-refractivity contribution in [2.24, 2.45) is 0 Å². The first-order valence-corrected chi connectivity index (χ1v) is 7.53. The fraction of sp³-hybridized carbons (Fsp3) is 0.833. The van der Waals surface area contributed by atoms with Gasteiger partial charge in [0.25, 0.3) is 0 Å². The molecule has 0 spiro atoms. The van der Waals surface area contributed by atoms with Crippen molar-refractivity contribution in [2.45, 2.75) is 38.3 Å². The number of carbonyl (C=O) groups is 2. The molecule has 0 aliphatic carbocycles. The molecule has 6 nitrogen and oxygen atoms in total. The molecule has 1 atom stereocenters. The Bertz CT molecular complexity index is 297. The number of carboxylic acid groups (broad SMARTS) is 1. The lowest BCUT2D eigenvalue weighted by Crippen LogP contribution is -2.47. The second-order valence-corrected chi connectivity index (χ2v) is 5.77. The molecule has 0 radical (unpaired) electrons. The average molecular weight is 292 g/mol. The van der Waals surface area contributed by atoms with Crippen LogP contribution in [0, 0.1) is 0 Å². The first-order chi connectivity index (χ1) is 8.82. The minimum absolute atomic E-state index is 0.307. The van der Waals surface area contributed by atoms with Crippen LogP contribution in [0.3, 0.4) is 0 Å². The van der Waals surface area contributed by atoms with Crippen molar-refractivity contribution in [3.05, 3.63) is 0 Å². The second kappa shape index (κ2) is 9.03. The lowest BCUT2D eigenvalue weighted by molar-refractivity contribution is -0.139. The smallest absolute Gasteiger partial charge is 0.326 e. The third-order valence-corrected chi connectivity index (χ3v) is 3.42. The maximum absolute atomic E-state index is 11.6. The van der Waals surface area contributed by atoms with E-state index in [1.54, 1.807) is 18.9 Å². The van der Waals surface area contributed by atoms with E-state index in [9.17, 15) is 9.59 Å². The summed E-state index contributed by atoms with van der Waals surface area (Å²) < 4.78 is 5.22. The maximum atomic E-state index is 11.6. The fourth-order valence-corrected chi connectivity index (χ4v) is 1.75. The van der Waals surface area contributed by atoms with Crippen LogP contribution >= 0.6 is 11.8 Å². The summed E-state index contributed by atoms with van der Waals surface area (Å²) in [6.07, 6.45) is 2.96. The van der Waals surface area contributed by atoms with Crippen molar-refractivity contribution < 1.29 is 19.4 Å². The van der Waals surface area contributed by atoms with Crippen LogP contribution in [0.4, 0.5) is 4.79 Å². The van der Waals surface area contributed by atoms with Gasteiger partial charge < -0.3 is 20.5 Å². The number of thioether (sulfide) groups is 1. The molecule has 112 valence electrons. The van der Waals surface area contributed by atoms with Crippen molar-refractivity contribution in [1.82, 2.24) is 10.6 Å². The van der Waals surface area contributed by atoms with E-state index in [1.165, 1.54) is 0 Å². The lowest BCUT2D eigenvalue weighted by Gasteiger charge is -2.23. The Kier molecular flexibility index (Phi) is 8.58. The number of aliphatic carboxylic acids is 1. The normalized spacial score (nSPS) is 12.8. The van der Waals surface area contributed by atoms with Crippen LogP contribution in [0.1, 0.15) is 26.7 Å². The van der Waals surface area contributed by atoms with Gasteiger partial charge in [-0.1, -0.05) is 0 Å². The molecule has 0 saturated carbocycles. The Labute approximate surface area is 118 Å². The highest BCUT2D eigenvalue weighted by Crippen LogP contribution is 2.11. The largest absolute Gasteiger partial charge is 0.480 e. The molecule has 19 heavy (non-hydrogen) atoms. The summed E-state index contributed by atoms with van der Waals surface area (Å²) in [5.74, 6) is -0.324. The molecule has 0 bridgehead atoms. The van der Waals surface area contributed by atoms with Gasteiger partial charge >= 0.3 is 12.0 Å². The van der Waals surface area contributed by atoms with E-state index in [2.05, 4.69) is 10.6 Å². The highest BCUT2D eigenvalue weighted by atomic mass is 32.2. The van der Waals surface area contributed by atoms with Gasteiger partial charge in [-0.3, -0.25) is 0 Å². The predicted molar refractivity (Wildman–Crippen MR) is 76.7 cm³/mol. The van der Waals surface area contributed by atoms with Gasteiger partial charge in [-0.15, -0.1) is 0 Å². The first-order valence-electron chi connectivity index (χ1n) is 6.13. The quantitative estimate of drug-likeness (QED) is 0.596. The van der Waals surface area contributed by atoms with E-state index in [0.29, 0.717) is 25.1 Å². The zero-order valence-corrected chi connectivity index (χ0v) is 12.8. The summed E-state index contributed by atoms with van der Waals surface area (Å²) in [5.41, 5.74) is -0.307. The zero-order valence-electron chi connectivity index (χ0n) is 12.0. The van der Waals surface area contributed by atoms with Crippen LogP contribution in [0.2, 0.25) is 0 Å². The molecule has 0 rings (SSSR count). The van der Waals surface area contributed by atoms with Gasteiger partial charge in [-0.2, -0.15) is 11.8 Å². The molecule has 1 unspecified atom stereocenters. The van der Waals surface area contributed by atoms with Gasteiger partial charge in [0.1, 0.15) is 6.04 Å². The number of ether oxygens (including phenoxy) is 1. The van der Waals surface area contributed by atoms with Gasteiger partial charge in [0.15, 0.2) is 0 Å². The van der Waals surface area contributed by atoms with Crippen LogP contribution in [0.15, 0.2) is 0 Å². The number of hydrogen-bond acceptors (Lipinski definition) is 4. The highest BCUT2D eigenvalue weighted by Gasteiger charge is 2.20. The van der Waals surface area contributed by atoms with E-state index < -0.39 is 18.0 Å². The Hall–Kier alpha value is -0.950. The Morgan fingerprint density at radius 2 is 2.05 bits per heavy atom. The summed E-state index contributed by atoms with van der Waals surface area (Å²) in [7, 11) is 1.61. The highest BCUT2D eigenvalue weighted by molar-refractivity contribution is 7.98. The molecule has 7 heteroatoms. The fourth-order valence-electron chi connectivity index (χ4n) is 1.28. The van der Waals surface area contributed by atoms with Crippen LogP contribution in [-0.4, -0.2) is 54.4 Å². The average Bonchev–Trinajstić information content (AvgIpc) is 2.33. The molecule has 3 N–H and O–H groups in total. The van der Waals surface area contributed by atoms with Gasteiger partial charge in [-0.25, -0.2) is 9.59 Å². The van der Waals surface area contributed by atoms with E-state index in [4.69, 9.17) is 9.84 Å². The number of carboxylic acids is 1. The summed E-state index contributed by atoms with van der Waals surface area (Å²) >= 11 is 1.55. The second-order valence-electron chi connectivity index (χ2n) is 4.79. The first kappa shape index (κ1) is 18.0. The van der Waals surface area contributed by atoms with Gasteiger partial charge in [0.05, 0.1) is 5.60 Å². The van der Waals surface area contributed by atoms with Crippen molar-refractivity contribution in [1.29, 1.82) is 0 Å². The minimum atomic E-state index is -1.01. The number of nitrogens with one attached hydrogen (secondary N) is 2. The lowest BCUT2D eigenvalue weighted by atomic mass is 10.1. The predicted octanol–water partition coefficient (Wildman–Crippen LogP) is 1.31. The Balaban J connectivity index is 4.03. The summed E-state index contributed by atoms with van der Waals surface area (Å²) in [5, 5.41) is 14.1. The Morgan fingerprint density at radius 1 is 1.42 bits per heavy atom. The van der Waals surface area contributed by atoms with Crippen molar-refractivity contribution in [2.75, 3.05) is 25.7 Å². The SMILES string of the molecule is COC(C)(C)CCNC(=O)NC(CCSC)C(=O)O. The number of carbonyl (C=O) groups excluding carboxylic acids is 1. The molecule has 0 aromatic heterocycles. The van der Waals surface area contributed by atoms with Crippen LogP contribution in [-0.2, 0) is 9.53 Å². The van der Waals surface area contributed by atoms with Crippen LogP contribution < -0.4 is 10.6 Å². The van der Waals surface area contributed by atoms with Crippen molar-refractivity contribution in [3.63, 3.8) is 0 Å². The molecule has 0 aliphatic rings. The van der Waals surface area contributed by atoms with Gasteiger partial charge in [-0.05, 0) is 38.7 Å². The summed E-state index contributed by atoms with van der Waals surface area (Å²) in [4.78, 5) is 22.5. The van der Waals surface area contributed by atoms with Gasteiger partial charge in [0, 0.05) is 13.7 Å². The third kappa shape index (κ3) is 8.72. The number of rotatable bonds is 9. The van der Waals surface area contributed by atoms with E-state index in [1.807, 2.05) is 20.1 Å². The molecule has 0 aromatic carbocycles.